The van der Waals surface area contributed by atoms with E-state index in [9.17, 15) is 4.39 Å². The van der Waals surface area contributed by atoms with Crippen molar-refractivity contribution < 1.29 is 4.39 Å². The van der Waals surface area contributed by atoms with E-state index in [1.54, 1.807) is 6.07 Å². The summed E-state index contributed by atoms with van der Waals surface area (Å²) in [7, 11) is 0. The summed E-state index contributed by atoms with van der Waals surface area (Å²) in [6.07, 6.45) is 2.26. The number of hydrogen-bond donors (Lipinski definition) is 2. The number of hydrogen-bond acceptors (Lipinski definition) is 3. The van der Waals surface area contributed by atoms with Crippen molar-refractivity contribution in [2.45, 2.75) is 13.0 Å². The molecule has 0 aliphatic carbocycles. The van der Waals surface area contributed by atoms with Crippen molar-refractivity contribution in [1.82, 2.24) is 10.3 Å². The van der Waals surface area contributed by atoms with E-state index in [4.69, 9.17) is 0 Å². The third kappa shape index (κ3) is 4.24. The minimum atomic E-state index is -0.292. The van der Waals surface area contributed by atoms with E-state index >= 15 is 0 Å². The molecule has 72 valence electrons. The summed E-state index contributed by atoms with van der Waals surface area (Å²) < 4.78 is 12.4. The third-order valence-corrected chi connectivity index (χ3v) is 1.92. The standard InChI is InChI=1S/C9H13FN2S/c10-8-2-3-9(12-6-8)7-11-4-1-5-13/h2-3,6,11,13H,1,4-5,7H2. The van der Waals surface area contributed by atoms with Gasteiger partial charge in [0.1, 0.15) is 5.82 Å². The second-order valence-electron chi connectivity index (χ2n) is 2.72. The van der Waals surface area contributed by atoms with E-state index in [1.807, 2.05) is 0 Å². The fourth-order valence-electron chi connectivity index (χ4n) is 0.932. The van der Waals surface area contributed by atoms with E-state index in [2.05, 4.69) is 22.9 Å². The molecule has 0 bridgehead atoms. The zero-order valence-electron chi connectivity index (χ0n) is 7.33. The molecule has 0 amide bonds. The number of pyridine rings is 1. The van der Waals surface area contributed by atoms with Gasteiger partial charge in [0.2, 0.25) is 0 Å². The van der Waals surface area contributed by atoms with Crippen LogP contribution in [0.3, 0.4) is 0 Å². The van der Waals surface area contributed by atoms with Gasteiger partial charge in [0.25, 0.3) is 0 Å². The van der Waals surface area contributed by atoms with Crippen LogP contribution in [0, 0.1) is 5.82 Å². The maximum Gasteiger partial charge on any atom is 0.141 e. The number of nitrogens with zero attached hydrogens (tertiary/aromatic N) is 1. The molecular formula is C9H13FN2S. The Morgan fingerprint density at radius 3 is 2.92 bits per heavy atom. The minimum Gasteiger partial charge on any atom is -0.311 e. The molecule has 1 N–H and O–H groups in total. The molecule has 0 spiro atoms. The minimum absolute atomic E-state index is 0.292. The Morgan fingerprint density at radius 2 is 2.31 bits per heavy atom. The maximum absolute atomic E-state index is 12.4. The largest absolute Gasteiger partial charge is 0.311 e. The van der Waals surface area contributed by atoms with Gasteiger partial charge in [0.15, 0.2) is 0 Å². The van der Waals surface area contributed by atoms with Crippen LogP contribution in [0.1, 0.15) is 12.1 Å². The van der Waals surface area contributed by atoms with E-state index in [0.717, 1.165) is 24.4 Å². The van der Waals surface area contributed by atoms with Crippen LogP contribution in [-0.2, 0) is 6.54 Å². The number of thiol groups is 1. The average molecular weight is 200 g/mol. The van der Waals surface area contributed by atoms with Gasteiger partial charge < -0.3 is 5.32 Å². The highest BCUT2D eigenvalue weighted by Gasteiger charge is 1.94. The van der Waals surface area contributed by atoms with Gasteiger partial charge in [-0.2, -0.15) is 12.6 Å². The number of halogens is 1. The van der Waals surface area contributed by atoms with Gasteiger partial charge in [-0.1, -0.05) is 0 Å². The molecule has 4 heteroatoms. The van der Waals surface area contributed by atoms with Crippen LogP contribution in [0.25, 0.3) is 0 Å². The smallest absolute Gasteiger partial charge is 0.141 e. The van der Waals surface area contributed by atoms with Gasteiger partial charge in [-0.3, -0.25) is 4.98 Å². The van der Waals surface area contributed by atoms with Crippen molar-refractivity contribution in [2.75, 3.05) is 12.3 Å². The number of nitrogens with one attached hydrogen (secondary N) is 1. The maximum atomic E-state index is 12.4. The molecule has 1 aromatic heterocycles. The zero-order chi connectivity index (χ0) is 9.52. The Kier molecular flexibility index (Phi) is 4.78. The first-order valence-corrected chi connectivity index (χ1v) is 4.88. The van der Waals surface area contributed by atoms with Crippen LogP contribution >= 0.6 is 12.6 Å². The van der Waals surface area contributed by atoms with Crippen LogP contribution in [0.4, 0.5) is 4.39 Å². The monoisotopic (exact) mass is 200 g/mol. The van der Waals surface area contributed by atoms with E-state index in [1.165, 1.54) is 12.3 Å². The normalized spacial score (nSPS) is 10.3. The molecule has 0 saturated heterocycles. The number of rotatable bonds is 5. The van der Waals surface area contributed by atoms with Gasteiger partial charge in [-0.25, -0.2) is 4.39 Å². The molecule has 0 fully saturated rings. The first-order valence-electron chi connectivity index (χ1n) is 4.25. The fourth-order valence-corrected chi connectivity index (χ4v) is 1.09. The van der Waals surface area contributed by atoms with E-state index < -0.39 is 0 Å². The highest BCUT2D eigenvalue weighted by Crippen LogP contribution is 1.97. The van der Waals surface area contributed by atoms with Crippen LogP contribution in [0.5, 0.6) is 0 Å². The van der Waals surface area contributed by atoms with Gasteiger partial charge in [-0.05, 0) is 30.9 Å². The highest BCUT2D eigenvalue weighted by atomic mass is 32.1. The summed E-state index contributed by atoms with van der Waals surface area (Å²) in [5.41, 5.74) is 0.862. The predicted molar refractivity (Wildman–Crippen MR) is 54.4 cm³/mol. The van der Waals surface area contributed by atoms with Crippen LogP contribution in [0.15, 0.2) is 18.3 Å². The molecule has 0 atom stereocenters. The lowest BCUT2D eigenvalue weighted by Crippen LogP contribution is -2.15. The van der Waals surface area contributed by atoms with E-state index in [0.29, 0.717) is 6.54 Å². The summed E-state index contributed by atoms with van der Waals surface area (Å²) in [4.78, 5) is 3.92. The molecule has 0 saturated carbocycles. The first kappa shape index (κ1) is 10.5. The van der Waals surface area contributed by atoms with E-state index in [-0.39, 0.29) is 5.82 Å². The molecule has 13 heavy (non-hydrogen) atoms. The van der Waals surface area contributed by atoms with Crippen molar-refractivity contribution in [1.29, 1.82) is 0 Å². The van der Waals surface area contributed by atoms with Gasteiger partial charge >= 0.3 is 0 Å². The lowest BCUT2D eigenvalue weighted by Gasteiger charge is -2.02. The zero-order valence-corrected chi connectivity index (χ0v) is 8.23. The molecule has 0 radical (unpaired) electrons. The van der Waals surface area contributed by atoms with Crippen molar-refractivity contribution >= 4 is 12.6 Å². The summed E-state index contributed by atoms with van der Waals surface area (Å²) in [6.45, 7) is 1.61. The third-order valence-electron chi connectivity index (χ3n) is 1.61. The Hall–Kier alpha value is -0.610. The molecular weight excluding hydrogens is 187 g/mol. The van der Waals surface area contributed by atoms with Crippen LogP contribution < -0.4 is 5.32 Å². The summed E-state index contributed by atoms with van der Waals surface area (Å²) in [6, 6.07) is 3.10. The van der Waals surface area contributed by atoms with Crippen LogP contribution in [-0.4, -0.2) is 17.3 Å². The summed E-state index contributed by atoms with van der Waals surface area (Å²) in [5, 5.41) is 3.19. The van der Waals surface area contributed by atoms with Crippen molar-refractivity contribution in [3.63, 3.8) is 0 Å². The van der Waals surface area contributed by atoms with Gasteiger partial charge in [-0.15, -0.1) is 0 Å². The Labute approximate surface area is 83.0 Å². The quantitative estimate of drug-likeness (QED) is 0.558. The molecule has 2 nitrogen and oxygen atoms in total. The van der Waals surface area contributed by atoms with Crippen molar-refractivity contribution in [3.05, 3.63) is 29.8 Å². The topological polar surface area (TPSA) is 24.9 Å². The lowest BCUT2D eigenvalue weighted by atomic mass is 10.3. The van der Waals surface area contributed by atoms with Gasteiger partial charge in [0.05, 0.1) is 11.9 Å². The fraction of sp³-hybridized carbons (Fsp3) is 0.444. The van der Waals surface area contributed by atoms with Crippen molar-refractivity contribution in [2.24, 2.45) is 0 Å². The SMILES string of the molecule is Fc1ccc(CNCCCS)nc1. The summed E-state index contributed by atoms with van der Waals surface area (Å²) >= 11 is 4.09. The molecule has 0 unspecified atom stereocenters. The molecule has 0 aliphatic rings. The summed E-state index contributed by atoms with van der Waals surface area (Å²) in [5.74, 6) is 0.586. The predicted octanol–water partition coefficient (Wildman–Crippen LogP) is 1.63. The molecule has 1 heterocycles. The Balaban J connectivity index is 2.25. The highest BCUT2D eigenvalue weighted by molar-refractivity contribution is 7.80. The molecule has 0 aromatic carbocycles. The lowest BCUT2D eigenvalue weighted by molar-refractivity contribution is 0.613. The second-order valence-corrected chi connectivity index (χ2v) is 3.17. The Morgan fingerprint density at radius 1 is 1.46 bits per heavy atom. The second kappa shape index (κ2) is 5.94. The number of aromatic nitrogens is 1. The molecule has 0 aliphatic heterocycles. The van der Waals surface area contributed by atoms with Crippen molar-refractivity contribution in [3.8, 4) is 0 Å². The molecule has 1 rings (SSSR count). The average Bonchev–Trinajstić information content (AvgIpc) is 2.15. The molecule has 1 aromatic rings. The van der Waals surface area contributed by atoms with Crippen LogP contribution in [0.2, 0.25) is 0 Å². The van der Waals surface area contributed by atoms with Gasteiger partial charge in [0, 0.05) is 6.54 Å². The first-order chi connectivity index (χ1) is 6.33. The Bertz CT molecular complexity index is 238.